The van der Waals surface area contributed by atoms with Crippen LogP contribution in [0.3, 0.4) is 0 Å². The Balaban J connectivity index is 1.49. The zero-order valence-electron chi connectivity index (χ0n) is 14.0. The molecule has 0 unspecified atom stereocenters. The number of hydrogen-bond donors (Lipinski definition) is 1. The van der Waals surface area contributed by atoms with Crippen LogP contribution in [0.5, 0.6) is 5.75 Å². The molecule has 1 saturated heterocycles. The standard InChI is InChI=1S/C20H22FNO3/c21-18-9-5-4-6-16(18)10-11-19(23)22-13-12-20(24,14-22)15-25-17-7-2-1-3-8-17/h1-9,24H,10-15H2/t20-/m0/s1. The molecule has 0 bridgehead atoms. The number of β-amino-alcohol motifs (C(OH)–C–C–N with tert-alkyl or cyclic N) is 1. The van der Waals surface area contributed by atoms with Crippen LogP contribution in [0.25, 0.3) is 0 Å². The van der Waals surface area contributed by atoms with E-state index in [1.807, 2.05) is 30.3 Å². The van der Waals surface area contributed by atoms with E-state index in [0.717, 1.165) is 0 Å². The van der Waals surface area contributed by atoms with Gasteiger partial charge in [-0.25, -0.2) is 4.39 Å². The van der Waals surface area contributed by atoms with Gasteiger partial charge in [0.25, 0.3) is 0 Å². The maximum absolute atomic E-state index is 13.6. The Bertz CT molecular complexity index is 722. The highest BCUT2D eigenvalue weighted by molar-refractivity contribution is 5.77. The van der Waals surface area contributed by atoms with Crippen LogP contribution in [0.4, 0.5) is 4.39 Å². The third-order valence-corrected chi connectivity index (χ3v) is 4.50. The van der Waals surface area contributed by atoms with Crippen molar-refractivity contribution in [1.82, 2.24) is 4.90 Å². The van der Waals surface area contributed by atoms with Gasteiger partial charge in [-0.05, 0) is 36.6 Å². The number of benzene rings is 2. The summed E-state index contributed by atoms with van der Waals surface area (Å²) in [7, 11) is 0. The number of aliphatic hydroxyl groups is 1. The number of hydrogen-bond acceptors (Lipinski definition) is 3. The molecule has 0 aliphatic carbocycles. The van der Waals surface area contributed by atoms with Crippen molar-refractivity contribution in [2.75, 3.05) is 19.7 Å². The predicted molar refractivity (Wildman–Crippen MR) is 92.8 cm³/mol. The number of ether oxygens (including phenoxy) is 1. The molecule has 1 amide bonds. The molecule has 0 aromatic heterocycles. The van der Waals surface area contributed by atoms with Gasteiger partial charge in [0, 0.05) is 13.0 Å². The number of carbonyl (C=O) groups is 1. The zero-order chi connectivity index (χ0) is 17.7. The molecule has 2 aromatic carbocycles. The average molecular weight is 343 g/mol. The highest BCUT2D eigenvalue weighted by atomic mass is 19.1. The van der Waals surface area contributed by atoms with E-state index in [1.54, 1.807) is 23.1 Å². The molecule has 25 heavy (non-hydrogen) atoms. The molecule has 5 heteroatoms. The van der Waals surface area contributed by atoms with Gasteiger partial charge in [-0.1, -0.05) is 36.4 Å². The summed E-state index contributed by atoms with van der Waals surface area (Å²) in [5.41, 5.74) is -0.499. The summed E-state index contributed by atoms with van der Waals surface area (Å²) in [6, 6.07) is 15.8. The van der Waals surface area contributed by atoms with E-state index in [2.05, 4.69) is 0 Å². The van der Waals surface area contributed by atoms with Crippen LogP contribution in [-0.4, -0.2) is 41.2 Å². The van der Waals surface area contributed by atoms with Gasteiger partial charge in [-0.2, -0.15) is 0 Å². The molecule has 0 saturated carbocycles. The van der Waals surface area contributed by atoms with Crippen LogP contribution in [0.1, 0.15) is 18.4 Å². The van der Waals surface area contributed by atoms with Gasteiger partial charge in [0.05, 0.1) is 6.54 Å². The van der Waals surface area contributed by atoms with Crippen molar-refractivity contribution in [3.63, 3.8) is 0 Å². The summed E-state index contributed by atoms with van der Waals surface area (Å²) in [5, 5.41) is 10.6. The number of aryl methyl sites for hydroxylation is 1. The van der Waals surface area contributed by atoms with Crippen LogP contribution in [0.15, 0.2) is 54.6 Å². The molecule has 3 rings (SSSR count). The lowest BCUT2D eigenvalue weighted by atomic mass is 10.1. The van der Waals surface area contributed by atoms with Gasteiger partial charge < -0.3 is 14.7 Å². The van der Waals surface area contributed by atoms with Gasteiger partial charge >= 0.3 is 0 Å². The first kappa shape index (κ1) is 17.4. The number of halogens is 1. The Morgan fingerprint density at radius 2 is 1.88 bits per heavy atom. The highest BCUT2D eigenvalue weighted by Crippen LogP contribution is 2.24. The number of amides is 1. The molecule has 0 spiro atoms. The summed E-state index contributed by atoms with van der Waals surface area (Å²) in [4.78, 5) is 14.0. The smallest absolute Gasteiger partial charge is 0.223 e. The number of para-hydroxylation sites is 1. The lowest BCUT2D eigenvalue weighted by Crippen LogP contribution is -2.40. The monoisotopic (exact) mass is 343 g/mol. The van der Waals surface area contributed by atoms with Crippen molar-refractivity contribution in [1.29, 1.82) is 0 Å². The predicted octanol–water partition coefficient (Wildman–Crippen LogP) is 2.80. The summed E-state index contributed by atoms with van der Waals surface area (Å²) >= 11 is 0. The first-order valence-electron chi connectivity index (χ1n) is 8.47. The molecular weight excluding hydrogens is 321 g/mol. The SMILES string of the molecule is O=C(CCc1ccccc1F)N1CC[C@@](O)(COc2ccccc2)C1. The molecule has 1 aliphatic heterocycles. The second-order valence-corrected chi connectivity index (χ2v) is 6.48. The van der Waals surface area contributed by atoms with Crippen molar-refractivity contribution < 1.29 is 19.0 Å². The van der Waals surface area contributed by atoms with E-state index in [1.165, 1.54) is 6.07 Å². The van der Waals surface area contributed by atoms with Crippen LogP contribution < -0.4 is 4.74 Å². The van der Waals surface area contributed by atoms with Crippen LogP contribution in [0, 0.1) is 5.82 Å². The largest absolute Gasteiger partial charge is 0.491 e. The Hall–Kier alpha value is -2.40. The van der Waals surface area contributed by atoms with Gasteiger partial charge in [-0.15, -0.1) is 0 Å². The molecule has 0 radical (unpaired) electrons. The fraction of sp³-hybridized carbons (Fsp3) is 0.350. The lowest BCUT2D eigenvalue weighted by molar-refractivity contribution is -0.131. The maximum atomic E-state index is 13.6. The number of rotatable bonds is 6. The lowest BCUT2D eigenvalue weighted by Gasteiger charge is -2.23. The van der Waals surface area contributed by atoms with Crippen molar-refractivity contribution in [3.05, 3.63) is 66.0 Å². The van der Waals surface area contributed by atoms with E-state index in [-0.39, 0.29) is 31.3 Å². The highest BCUT2D eigenvalue weighted by Gasteiger charge is 2.38. The molecule has 1 heterocycles. The van der Waals surface area contributed by atoms with Gasteiger partial charge in [0.2, 0.25) is 5.91 Å². The van der Waals surface area contributed by atoms with E-state index < -0.39 is 5.60 Å². The zero-order valence-corrected chi connectivity index (χ0v) is 14.0. The third-order valence-electron chi connectivity index (χ3n) is 4.50. The van der Waals surface area contributed by atoms with Crippen molar-refractivity contribution in [3.8, 4) is 5.75 Å². The summed E-state index contributed by atoms with van der Waals surface area (Å²) in [6.45, 7) is 0.884. The van der Waals surface area contributed by atoms with E-state index >= 15 is 0 Å². The second kappa shape index (κ2) is 7.66. The molecule has 1 aliphatic rings. The van der Waals surface area contributed by atoms with Crippen molar-refractivity contribution in [2.45, 2.75) is 24.9 Å². The van der Waals surface area contributed by atoms with Gasteiger partial charge in [0.15, 0.2) is 0 Å². The summed E-state index contributed by atoms with van der Waals surface area (Å²) < 4.78 is 19.2. The fourth-order valence-corrected chi connectivity index (χ4v) is 3.02. The molecule has 1 N–H and O–H groups in total. The number of carbonyl (C=O) groups excluding carboxylic acids is 1. The van der Waals surface area contributed by atoms with E-state index in [4.69, 9.17) is 4.74 Å². The average Bonchev–Trinajstić information content (AvgIpc) is 3.03. The summed E-state index contributed by atoms with van der Waals surface area (Å²) in [6.07, 6.45) is 1.07. The topological polar surface area (TPSA) is 49.8 Å². The van der Waals surface area contributed by atoms with Gasteiger partial charge in [-0.3, -0.25) is 4.79 Å². The molecule has 2 aromatic rings. The minimum absolute atomic E-state index is 0.0705. The van der Waals surface area contributed by atoms with Crippen molar-refractivity contribution in [2.24, 2.45) is 0 Å². The molecule has 4 nitrogen and oxygen atoms in total. The fourth-order valence-electron chi connectivity index (χ4n) is 3.02. The van der Waals surface area contributed by atoms with Crippen molar-refractivity contribution >= 4 is 5.91 Å². The minimum Gasteiger partial charge on any atom is -0.491 e. The normalized spacial score (nSPS) is 19.8. The molecular formula is C20H22FNO3. The Labute approximate surface area is 146 Å². The van der Waals surface area contributed by atoms with Crippen LogP contribution >= 0.6 is 0 Å². The Kier molecular flexibility index (Phi) is 5.34. The number of likely N-dealkylation sites (tertiary alicyclic amines) is 1. The Morgan fingerprint density at radius 3 is 2.64 bits per heavy atom. The second-order valence-electron chi connectivity index (χ2n) is 6.48. The minimum atomic E-state index is -1.04. The first-order chi connectivity index (χ1) is 12.1. The third kappa shape index (κ3) is 4.57. The molecule has 1 fully saturated rings. The maximum Gasteiger partial charge on any atom is 0.223 e. The first-order valence-corrected chi connectivity index (χ1v) is 8.47. The molecule has 1 atom stereocenters. The quantitative estimate of drug-likeness (QED) is 0.877. The van der Waals surface area contributed by atoms with Crippen LogP contribution in [0.2, 0.25) is 0 Å². The van der Waals surface area contributed by atoms with E-state index in [0.29, 0.717) is 30.7 Å². The van der Waals surface area contributed by atoms with Crippen LogP contribution in [-0.2, 0) is 11.2 Å². The molecule has 132 valence electrons. The number of nitrogens with zero attached hydrogens (tertiary/aromatic N) is 1. The summed E-state index contributed by atoms with van der Waals surface area (Å²) in [5.74, 6) is 0.337. The van der Waals surface area contributed by atoms with Gasteiger partial charge in [0.1, 0.15) is 23.8 Å². The van der Waals surface area contributed by atoms with E-state index in [9.17, 15) is 14.3 Å². The Morgan fingerprint density at radius 1 is 1.16 bits per heavy atom.